The van der Waals surface area contributed by atoms with Gasteiger partial charge in [-0.3, -0.25) is 4.79 Å². The Kier molecular flexibility index (Phi) is 7.56. The molecular weight excluding hydrogens is 272 g/mol. The summed E-state index contributed by atoms with van der Waals surface area (Å²) >= 11 is 0. The molecule has 1 rings (SSSR count). The first-order valence-corrected chi connectivity index (χ1v) is 6.87. The summed E-state index contributed by atoms with van der Waals surface area (Å²) in [6.07, 6.45) is 0.857. The average Bonchev–Trinajstić information content (AvgIpc) is 2.46. The summed E-state index contributed by atoms with van der Waals surface area (Å²) in [6.45, 7) is 3.18. The number of rotatable bonds is 10. The van der Waals surface area contributed by atoms with Crippen molar-refractivity contribution in [3.05, 3.63) is 23.8 Å². The van der Waals surface area contributed by atoms with Crippen LogP contribution in [0.5, 0.6) is 11.5 Å². The summed E-state index contributed by atoms with van der Waals surface area (Å²) in [6, 6.07) is 6.17. The van der Waals surface area contributed by atoms with E-state index in [0.717, 1.165) is 23.5 Å². The van der Waals surface area contributed by atoms with Gasteiger partial charge in [-0.1, -0.05) is 6.07 Å². The zero-order valence-electron chi connectivity index (χ0n) is 12.8. The molecule has 1 atom stereocenters. The Hall–Kier alpha value is -1.79. The van der Waals surface area contributed by atoms with E-state index in [1.54, 1.807) is 14.2 Å². The number of nitrogens with two attached hydrogens (primary N) is 1. The van der Waals surface area contributed by atoms with Gasteiger partial charge in [-0.2, -0.15) is 0 Å². The number of carbonyl (C=O) groups is 1. The molecule has 0 saturated carbocycles. The Balaban J connectivity index is 2.37. The van der Waals surface area contributed by atoms with Crippen molar-refractivity contribution < 1.29 is 19.0 Å². The number of hydrogen-bond donors (Lipinski definition) is 2. The normalized spacial score (nSPS) is 12.0. The molecule has 3 N–H and O–H groups in total. The molecule has 1 amide bonds. The molecule has 0 aliphatic rings. The summed E-state index contributed by atoms with van der Waals surface area (Å²) in [7, 11) is 3.24. The molecule has 0 aromatic heterocycles. The molecular formula is C15H24N2O4. The smallest absolute Gasteiger partial charge is 0.243 e. The number of amides is 1. The molecule has 118 valence electrons. The Labute approximate surface area is 125 Å². The van der Waals surface area contributed by atoms with Crippen molar-refractivity contribution in [2.75, 3.05) is 34.0 Å². The Morgan fingerprint density at radius 1 is 1.29 bits per heavy atom. The van der Waals surface area contributed by atoms with E-state index >= 15 is 0 Å². The van der Waals surface area contributed by atoms with Crippen molar-refractivity contribution in [2.24, 2.45) is 5.73 Å². The van der Waals surface area contributed by atoms with E-state index in [1.807, 2.05) is 18.2 Å². The van der Waals surface area contributed by atoms with Crippen LogP contribution in [0.1, 0.15) is 12.5 Å². The van der Waals surface area contributed by atoms with Gasteiger partial charge in [0.05, 0.1) is 20.8 Å². The minimum Gasteiger partial charge on any atom is -0.493 e. The van der Waals surface area contributed by atoms with Crippen molar-refractivity contribution in [1.29, 1.82) is 0 Å². The molecule has 0 radical (unpaired) electrons. The van der Waals surface area contributed by atoms with Crippen LogP contribution in [0.4, 0.5) is 0 Å². The summed E-state index contributed by atoms with van der Waals surface area (Å²) in [5, 5.41) is 3.32. The second kappa shape index (κ2) is 9.20. The highest BCUT2D eigenvalue weighted by Gasteiger charge is 2.07. The van der Waals surface area contributed by atoms with Crippen molar-refractivity contribution in [2.45, 2.75) is 19.4 Å². The van der Waals surface area contributed by atoms with Gasteiger partial charge in [-0.15, -0.1) is 0 Å². The SMILES string of the molecule is COc1ccc(CC(C)NCCOCC(N)=O)cc1OC. The van der Waals surface area contributed by atoms with Crippen LogP contribution in [0.15, 0.2) is 18.2 Å². The van der Waals surface area contributed by atoms with E-state index < -0.39 is 5.91 Å². The van der Waals surface area contributed by atoms with Gasteiger partial charge in [0.25, 0.3) is 0 Å². The largest absolute Gasteiger partial charge is 0.493 e. The van der Waals surface area contributed by atoms with Crippen LogP contribution in [0.25, 0.3) is 0 Å². The van der Waals surface area contributed by atoms with Gasteiger partial charge in [0.1, 0.15) is 6.61 Å². The molecule has 0 aliphatic heterocycles. The zero-order chi connectivity index (χ0) is 15.7. The second-order valence-electron chi connectivity index (χ2n) is 4.77. The van der Waals surface area contributed by atoms with E-state index in [-0.39, 0.29) is 12.6 Å². The zero-order valence-corrected chi connectivity index (χ0v) is 12.8. The molecule has 0 fully saturated rings. The fourth-order valence-electron chi connectivity index (χ4n) is 1.98. The van der Waals surface area contributed by atoms with Crippen LogP contribution >= 0.6 is 0 Å². The van der Waals surface area contributed by atoms with E-state index in [1.165, 1.54) is 0 Å². The number of primary amides is 1. The molecule has 6 heteroatoms. The molecule has 1 aromatic rings. The first-order chi connectivity index (χ1) is 10.1. The highest BCUT2D eigenvalue weighted by atomic mass is 16.5. The first-order valence-electron chi connectivity index (χ1n) is 6.87. The highest BCUT2D eigenvalue weighted by Crippen LogP contribution is 2.27. The molecule has 6 nitrogen and oxygen atoms in total. The molecule has 0 heterocycles. The van der Waals surface area contributed by atoms with Crippen LogP contribution in [-0.2, 0) is 16.0 Å². The van der Waals surface area contributed by atoms with Gasteiger partial charge in [-0.25, -0.2) is 0 Å². The van der Waals surface area contributed by atoms with Gasteiger partial charge in [0.15, 0.2) is 11.5 Å². The van der Waals surface area contributed by atoms with Gasteiger partial charge in [0, 0.05) is 12.6 Å². The molecule has 0 saturated heterocycles. The maximum atomic E-state index is 10.5. The standard InChI is InChI=1S/C15H24N2O4/c1-11(17-6-7-21-10-15(16)18)8-12-4-5-13(19-2)14(9-12)20-3/h4-5,9,11,17H,6-8,10H2,1-3H3,(H2,16,18). The lowest BCUT2D eigenvalue weighted by Crippen LogP contribution is -2.32. The van der Waals surface area contributed by atoms with E-state index in [2.05, 4.69) is 12.2 Å². The summed E-state index contributed by atoms with van der Waals surface area (Å²) in [4.78, 5) is 10.5. The van der Waals surface area contributed by atoms with Gasteiger partial charge >= 0.3 is 0 Å². The van der Waals surface area contributed by atoms with Crippen LogP contribution in [0.3, 0.4) is 0 Å². The third-order valence-electron chi connectivity index (χ3n) is 2.97. The number of nitrogens with one attached hydrogen (secondary N) is 1. The van der Waals surface area contributed by atoms with Gasteiger partial charge < -0.3 is 25.3 Å². The molecule has 21 heavy (non-hydrogen) atoms. The Bertz CT molecular complexity index is 451. The first kappa shape index (κ1) is 17.3. The number of carbonyl (C=O) groups excluding carboxylic acids is 1. The average molecular weight is 296 g/mol. The molecule has 0 spiro atoms. The third kappa shape index (κ3) is 6.46. The minimum atomic E-state index is -0.451. The van der Waals surface area contributed by atoms with Crippen LogP contribution in [-0.4, -0.2) is 45.9 Å². The predicted octanol–water partition coefficient (Wildman–Crippen LogP) is 0.726. The highest BCUT2D eigenvalue weighted by molar-refractivity contribution is 5.74. The topological polar surface area (TPSA) is 82.8 Å². The van der Waals surface area contributed by atoms with Crippen molar-refractivity contribution in [3.8, 4) is 11.5 Å². The fourth-order valence-corrected chi connectivity index (χ4v) is 1.98. The van der Waals surface area contributed by atoms with Crippen LogP contribution in [0, 0.1) is 0 Å². The Morgan fingerprint density at radius 3 is 2.62 bits per heavy atom. The van der Waals surface area contributed by atoms with E-state index in [4.69, 9.17) is 19.9 Å². The summed E-state index contributed by atoms with van der Waals surface area (Å²) in [5.74, 6) is 1.00. The van der Waals surface area contributed by atoms with Crippen molar-refractivity contribution >= 4 is 5.91 Å². The lowest BCUT2D eigenvalue weighted by Gasteiger charge is -2.15. The molecule has 0 bridgehead atoms. The van der Waals surface area contributed by atoms with Gasteiger partial charge in [-0.05, 0) is 31.0 Å². The lowest BCUT2D eigenvalue weighted by atomic mass is 10.1. The monoisotopic (exact) mass is 296 g/mol. The molecule has 0 aliphatic carbocycles. The third-order valence-corrected chi connectivity index (χ3v) is 2.97. The van der Waals surface area contributed by atoms with Crippen molar-refractivity contribution in [3.63, 3.8) is 0 Å². The maximum absolute atomic E-state index is 10.5. The van der Waals surface area contributed by atoms with E-state index in [9.17, 15) is 4.79 Å². The molecule has 1 unspecified atom stereocenters. The van der Waals surface area contributed by atoms with Crippen LogP contribution in [0.2, 0.25) is 0 Å². The van der Waals surface area contributed by atoms with E-state index in [0.29, 0.717) is 13.2 Å². The Morgan fingerprint density at radius 2 is 2.00 bits per heavy atom. The maximum Gasteiger partial charge on any atom is 0.243 e. The summed E-state index contributed by atoms with van der Waals surface area (Å²) < 4.78 is 15.6. The van der Waals surface area contributed by atoms with Crippen LogP contribution < -0.4 is 20.5 Å². The summed E-state index contributed by atoms with van der Waals surface area (Å²) in [5.41, 5.74) is 6.14. The van der Waals surface area contributed by atoms with Gasteiger partial charge in [0.2, 0.25) is 5.91 Å². The lowest BCUT2D eigenvalue weighted by molar-refractivity contribution is -0.122. The predicted molar refractivity (Wildman–Crippen MR) is 80.7 cm³/mol. The quantitative estimate of drug-likeness (QED) is 0.622. The minimum absolute atomic E-state index is 0.0360. The fraction of sp³-hybridized carbons (Fsp3) is 0.533. The molecule has 1 aromatic carbocycles. The number of methoxy groups -OCH3 is 2. The van der Waals surface area contributed by atoms with Crippen molar-refractivity contribution in [1.82, 2.24) is 5.32 Å². The number of hydrogen-bond acceptors (Lipinski definition) is 5. The number of benzene rings is 1. The number of ether oxygens (including phenoxy) is 3. The second-order valence-corrected chi connectivity index (χ2v) is 4.77.